The first kappa shape index (κ1) is 12.9. The number of para-hydroxylation sites is 1. The van der Waals surface area contributed by atoms with Crippen molar-refractivity contribution in [2.45, 2.75) is 6.92 Å². The van der Waals surface area contributed by atoms with E-state index in [0.29, 0.717) is 5.56 Å². The molecule has 2 aromatic carbocycles. The van der Waals surface area contributed by atoms with E-state index in [-0.39, 0.29) is 22.9 Å². The number of aliphatic hydroxyl groups is 1. The van der Waals surface area contributed by atoms with Crippen LogP contribution in [0.1, 0.15) is 21.5 Å². The highest BCUT2D eigenvalue weighted by Gasteiger charge is 2.10. The van der Waals surface area contributed by atoms with Crippen molar-refractivity contribution in [2.24, 2.45) is 0 Å². The molecule has 2 rings (SSSR count). The fourth-order valence-corrected chi connectivity index (χ4v) is 1.82. The number of hydrogen-bond donors (Lipinski definition) is 2. The molecule has 0 spiro atoms. The van der Waals surface area contributed by atoms with E-state index in [0.717, 1.165) is 11.6 Å². The predicted octanol–water partition coefficient (Wildman–Crippen LogP) is 3.48. The molecule has 2 aromatic rings. The Morgan fingerprint density at radius 3 is 2.21 bits per heavy atom. The summed E-state index contributed by atoms with van der Waals surface area (Å²) >= 11 is 0. The van der Waals surface area contributed by atoms with Gasteiger partial charge in [0.15, 0.2) is 5.78 Å². The Hall–Kier alpha value is -2.55. The topological polar surface area (TPSA) is 57.5 Å². The fourth-order valence-electron chi connectivity index (χ4n) is 1.82. The van der Waals surface area contributed by atoms with Crippen molar-refractivity contribution in [1.29, 1.82) is 0 Å². The van der Waals surface area contributed by atoms with Crippen molar-refractivity contribution < 1.29 is 15.0 Å². The summed E-state index contributed by atoms with van der Waals surface area (Å²) < 4.78 is 0. The number of aryl methyl sites for hydroxylation is 1. The van der Waals surface area contributed by atoms with Gasteiger partial charge >= 0.3 is 0 Å². The van der Waals surface area contributed by atoms with E-state index in [2.05, 4.69) is 0 Å². The van der Waals surface area contributed by atoms with Gasteiger partial charge in [-0.25, -0.2) is 0 Å². The Balaban J connectivity index is 2.34. The molecule has 0 aromatic heterocycles. The second-order valence-electron chi connectivity index (χ2n) is 4.23. The first-order chi connectivity index (χ1) is 9.09. The average Bonchev–Trinajstić information content (AvgIpc) is 2.39. The smallest absolute Gasteiger partial charge is 0.189 e. The van der Waals surface area contributed by atoms with Crippen molar-refractivity contribution >= 4 is 11.5 Å². The molecule has 2 N–H and O–H groups in total. The Kier molecular flexibility index (Phi) is 3.66. The second kappa shape index (κ2) is 5.40. The Bertz CT molecular complexity index is 642. The minimum absolute atomic E-state index is 0.0613. The summed E-state index contributed by atoms with van der Waals surface area (Å²) in [6.07, 6.45) is 1.12. The molecule has 0 aliphatic rings. The molecule has 0 saturated heterocycles. The molecule has 96 valence electrons. The lowest BCUT2D eigenvalue weighted by Crippen LogP contribution is -1.99. The Labute approximate surface area is 111 Å². The van der Waals surface area contributed by atoms with Crippen LogP contribution < -0.4 is 0 Å². The second-order valence-corrected chi connectivity index (χ2v) is 4.23. The zero-order valence-electron chi connectivity index (χ0n) is 10.5. The average molecular weight is 254 g/mol. The number of carbonyl (C=O) groups excluding carboxylic acids is 1. The number of aliphatic hydroxyl groups excluding tert-OH is 1. The molecule has 0 atom stereocenters. The van der Waals surface area contributed by atoms with Gasteiger partial charge in [-0.1, -0.05) is 36.4 Å². The van der Waals surface area contributed by atoms with Crippen molar-refractivity contribution in [1.82, 2.24) is 0 Å². The van der Waals surface area contributed by atoms with Crippen LogP contribution >= 0.6 is 0 Å². The van der Waals surface area contributed by atoms with E-state index < -0.39 is 0 Å². The molecule has 3 heteroatoms. The Morgan fingerprint density at radius 1 is 1.00 bits per heavy atom. The van der Waals surface area contributed by atoms with E-state index >= 15 is 0 Å². The molecule has 0 aliphatic heterocycles. The van der Waals surface area contributed by atoms with E-state index in [1.54, 1.807) is 30.3 Å². The number of allylic oxidation sites excluding steroid dienone is 1. The first-order valence-electron chi connectivity index (χ1n) is 5.88. The van der Waals surface area contributed by atoms with Gasteiger partial charge in [0.25, 0.3) is 0 Å². The molecule has 0 unspecified atom stereocenters. The van der Waals surface area contributed by atoms with E-state index in [9.17, 15) is 15.0 Å². The number of ketones is 1. The quantitative estimate of drug-likeness (QED) is 0.501. The van der Waals surface area contributed by atoms with Crippen LogP contribution in [-0.4, -0.2) is 16.0 Å². The summed E-state index contributed by atoms with van der Waals surface area (Å²) in [7, 11) is 0. The van der Waals surface area contributed by atoms with Crippen LogP contribution in [0.5, 0.6) is 5.75 Å². The minimum atomic E-state index is -0.293. The van der Waals surface area contributed by atoms with Crippen LogP contribution in [0.4, 0.5) is 0 Å². The molecule has 0 radical (unpaired) electrons. The molecular weight excluding hydrogens is 240 g/mol. The van der Waals surface area contributed by atoms with Gasteiger partial charge in [0.05, 0.1) is 5.56 Å². The predicted molar refractivity (Wildman–Crippen MR) is 74.2 cm³/mol. The maximum atomic E-state index is 12.0. The first-order valence-corrected chi connectivity index (χ1v) is 5.88. The number of carbonyl (C=O) groups is 1. The van der Waals surface area contributed by atoms with Gasteiger partial charge < -0.3 is 10.2 Å². The third-order valence-corrected chi connectivity index (χ3v) is 2.86. The zero-order valence-corrected chi connectivity index (χ0v) is 10.5. The normalized spacial score (nSPS) is 11.3. The van der Waals surface area contributed by atoms with Crippen molar-refractivity contribution in [3.05, 3.63) is 71.3 Å². The molecule has 0 amide bonds. The van der Waals surface area contributed by atoms with Gasteiger partial charge in [0, 0.05) is 11.6 Å². The van der Waals surface area contributed by atoms with Gasteiger partial charge in [-0.2, -0.15) is 0 Å². The van der Waals surface area contributed by atoms with Gasteiger partial charge in [0.2, 0.25) is 0 Å². The summed E-state index contributed by atoms with van der Waals surface area (Å²) in [6, 6.07) is 13.5. The fraction of sp³-hybridized carbons (Fsp3) is 0.0625. The Morgan fingerprint density at radius 2 is 1.58 bits per heavy atom. The maximum Gasteiger partial charge on any atom is 0.189 e. The van der Waals surface area contributed by atoms with Gasteiger partial charge in [-0.3, -0.25) is 4.79 Å². The molecule has 3 nitrogen and oxygen atoms in total. The molecule has 0 saturated carbocycles. The summed E-state index contributed by atoms with van der Waals surface area (Å²) in [4.78, 5) is 12.0. The number of phenols is 1. The van der Waals surface area contributed by atoms with E-state index in [4.69, 9.17) is 0 Å². The van der Waals surface area contributed by atoms with Crippen LogP contribution in [0.2, 0.25) is 0 Å². The van der Waals surface area contributed by atoms with Crippen LogP contribution in [0.3, 0.4) is 0 Å². The minimum Gasteiger partial charge on any atom is -0.507 e. The molecular formula is C16H14O3. The molecule has 0 fully saturated rings. The standard InChI is InChI=1S/C16H14O3/c1-11-6-2-3-7-12(11)15(18)10-16(19)13-8-4-5-9-14(13)17/h2-10,17,19H,1H3. The van der Waals surface area contributed by atoms with Crippen LogP contribution in [-0.2, 0) is 0 Å². The highest BCUT2D eigenvalue weighted by molar-refractivity contribution is 6.08. The van der Waals surface area contributed by atoms with Crippen LogP contribution in [0.15, 0.2) is 54.6 Å². The highest BCUT2D eigenvalue weighted by atomic mass is 16.3. The van der Waals surface area contributed by atoms with Gasteiger partial charge in [0.1, 0.15) is 11.5 Å². The number of hydrogen-bond acceptors (Lipinski definition) is 3. The summed E-state index contributed by atoms with van der Waals surface area (Å²) in [5.41, 5.74) is 1.61. The summed E-state index contributed by atoms with van der Waals surface area (Å²) in [5.74, 6) is -0.598. The molecule has 19 heavy (non-hydrogen) atoms. The van der Waals surface area contributed by atoms with Gasteiger partial charge in [-0.15, -0.1) is 0 Å². The van der Waals surface area contributed by atoms with Crippen LogP contribution in [0.25, 0.3) is 5.76 Å². The highest BCUT2D eigenvalue weighted by Crippen LogP contribution is 2.23. The molecule has 0 bridgehead atoms. The number of aromatic hydroxyl groups is 1. The number of benzene rings is 2. The summed E-state index contributed by atoms with van der Waals surface area (Å²) in [5, 5.41) is 19.5. The van der Waals surface area contributed by atoms with Crippen molar-refractivity contribution in [3.8, 4) is 5.75 Å². The third-order valence-electron chi connectivity index (χ3n) is 2.86. The SMILES string of the molecule is Cc1ccccc1C(=O)C=C(O)c1ccccc1O. The van der Waals surface area contributed by atoms with Crippen molar-refractivity contribution in [3.63, 3.8) is 0 Å². The monoisotopic (exact) mass is 254 g/mol. The van der Waals surface area contributed by atoms with Crippen LogP contribution in [0, 0.1) is 6.92 Å². The number of phenolic OH excluding ortho intramolecular Hbond substituents is 1. The molecule has 0 aliphatic carbocycles. The van der Waals surface area contributed by atoms with E-state index in [1.807, 2.05) is 19.1 Å². The third kappa shape index (κ3) is 2.83. The molecule has 0 heterocycles. The lowest BCUT2D eigenvalue weighted by Gasteiger charge is -2.04. The summed E-state index contributed by atoms with van der Waals surface area (Å²) in [6.45, 7) is 1.83. The van der Waals surface area contributed by atoms with E-state index in [1.165, 1.54) is 6.07 Å². The lowest BCUT2D eigenvalue weighted by atomic mass is 10.0. The van der Waals surface area contributed by atoms with Crippen molar-refractivity contribution in [2.75, 3.05) is 0 Å². The largest absolute Gasteiger partial charge is 0.507 e. The van der Waals surface area contributed by atoms with Gasteiger partial charge in [-0.05, 0) is 24.6 Å². The number of rotatable bonds is 3. The zero-order chi connectivity index (χ0) is 13.8. The maximum absolute atomic E-state index is 12.0. The lowest BCUT2D eigenvalue weighted by molar-refractivity contribution is 0.104.